The van der Waals surface area contributed by atoms with E-state index in [0.717, 1.165) is 49.7 Å². The molecule has 0 radical (unpaired) electrons. The summed E-state index contributed by atoms with van der Waals surface area (Å²) in [4.78, 5) is 0. The highest BCUT2D eigenvalue weighted by Crippen LogP contribution is 2.62. The molecule has 3 unspecified atom stereocenters. The Labute approximate surface area is 170 Å². The maximum absolute atomic E-state index is 13.7. The van der Waals surface area contributed by atoms with Crippen LogP contribution in [-0.4, -0.2) is 15.5 Å². The van der Waals surface area contributed by atoms with Crippen molar-refractivity contribution in [3.8, 4) is 11.5 Å². The van der Waals surface area contributed by atoms with Gasteiger partial charge in [0.05, 0.1) is 7.11 Å². The summed E-state index contributed by atoms with van der Waals surface area (Å²) in [7, 11) is -2.70. The zero-order valence-corrected chi connectivity index (χ0v) is 17.5. The first kappa shape index (κ1) is 20.6. The van der Waals surface area contributed by atoms with Gasteiger partial charge in [-0.3, -0.25) is 0 Å². The number of nitrogens with two attached hydrogens (primary N) is 1. The van der Waals surface area contributed by atoms with Crippen molar-refractivity contribution in [2.24, 2.45) is 22.4 Å². The molecule has 0 amide bonds. The van der Waals surface area contributed by atoms with Gasteiger partial charge in [-0.05, 0) is 91.4 Å². The van der Waals surface area contributed by atoms with E-state index in [1.54, 1.807) is 6.07 Å². The highest BCUT2D eigenvalue weighted by Gasteiger charge is 2.52. The molecule has 0 spiro atoms. The Kier molecular flexibility index (Phi) is 5.14. The van der Waals surface area contributed by atoms with E-state index in [2.05, 4.69) is 0 Å². The van der Waals surface area contributed by atoms with Gasteiger partial charge in [0.2, 0.25) is 0 Å². The Morgan fingerprint density at radius 1 is 1.17 bits per heavy atom. The molecule has 3 aliphatic carbocycles. The number of methoxy groups -OCH3 is 1. The van der Waals surface area contributed by atoms with Gasteiger partial charge in [-0.2, -0.15) is 22.3 Å². The van der Waals surface area contributed by atoms with E-state index >= 15 is 0 Å². The van der Waals surface area contributed by atoms with Crippen LogP contribution in [0.15, 0.2) is 23.8 Å². The first-order valence-corrected chi connectivity index (χ1v) is 11.6. The minimum Gasteiger partial charge on any atom is -0.493 e. The summed E-state index contributed by atoms with van der Waals surface area (Å²) in [6.07, 6.45) is 4.04. The fourth-order valence-corrected chi connectivity index (χ4v) is 6.63. The van der Waals surface area contributed by atoms with Crippen molar-refractivity contribution in [2.75, 3.05) is 7.11 Å². The molecular weight excluding hydrogens is 400 g/mol. The molecule has 1 aromatic rings. The fourth-order valence-electron chi connectivity index (χ4n) is 6.25. The molecule has 160 valence electrons. The van der Waals surface area contributed by atoms with Crippen molar-refractivity contribution in [3.05, 3.63) is 34.9 Å². The third-order valence-electron chi connectivity index (χ3n) is 7.46. The SMILES string of the molecule is COc1cc2c(cc1OS(N)(=O)=O)CCC1C2CC[C@]2(C)C(=C(F)F)CCCC12. The quantitative estimate of drug-likeness (QED) is 0.760. The molecule has 4 atom stereocenters. The number of aryl methyl sites for hydroxylation is 1. The Morgan fingerprint density at radius 2 is 1.93 bits per heavy atom. The van der Waals surface area contributed by atoms with Gasteiger partial charge in [0.1, 0.15) is 0 Å². The van der Waals surface area contributed by atoms with Crippen molar-refractivity contribution in [3.63, 3.8) is 0 Å². The summed E-state index contributed by atoms with van der Waals surface area (Å²) in [5.74, 6) is 1.26. The van der Waals surface area contributed by atoms with E-state index in [4.69, 9.17) is 14.1 Å². The minimum atomic E-state index is -4.15. The highest BCUT2D eigenvalue weighted by atomic mass is 32.2. The Hall–Kier alpha value is -1.67. The van der Waals surface area contributed by atoms with E-state index in [1.807, 2.05) is 13.0 Å². The predicted octanol–water partition coefficient (Wildman–Crippen LogP) is 4.67. The maximum atomic E-state index is 13.7. The lowest BCUT2D eigenvalue weighted by molar-refractivity contribution is 0.0296. The van der Waals surface area contributed by atoms with Gasteiger partial charge in [0.25, 0.3) is 6.08 Å². The number of fused-ring (bicyclic) bond motifs is 5. The van der Waals surface area contributed by atoms with Gasteiger partial charge in [-0.25, -0.2) is 0 Å². The van der Waals surface area contributed by atoms with Crippen molar-refractivity contribution in [2.45, 2.75) is 57.8 Å². The van der Waals surface area contributed by atoms with Crippen LogP contribution in [0.3, 0.4) is 0 Å². The second-order valence-corrected chi connectivity index (χ2v) is 9.93. The zero-order valence-electron chi connectivity index (χ0n) is 16.7. The van der Waals surface area contributed by atoms with Crippen LogP contribution < -0.4 is 14.1 Å². The predicted molar refractivity (Wildman–Crippen MR) is 105 cm³/mol. The minimum absolute atomic E-state index is 0.0928. The van der Waals surface area contributed by atoms with E-state index in [-0.39, 0.29) is 17.6 Å². The van der Waals surface area contributed by atoms with Gasteiger partial charge in [-0.15, -0.1) is 0 Å². The topological polar surface area (TPSA) is 78.6 Å². The van der Waals surface area contributed by atoms with Crippen molar-refractivity contribution in [1.29, 1.82) is 0 Å². The Balaban J connectivity index is 1.71. The molecule has 29 heavy (non-hydrogen) atoms. The van der Waals surface area contributed by atoms with Crippen LogP contribution in [0.25, 0.3) is 0 Å². The monoisotopic (exact) mass is 427 g/mol. The number of halogens is 2. The van der Waals surface area contributed by atoms with Gasteiger partial charge in [0, 0.05) is 5.57 Å². The average molecular weight is 428 g/mol. The van der Waals surface area contributed by atoms with E-state index in [0.29, 0.717) is 23.7 Å². The van der Waals surface area contributed by atoms with Crippen molar-refractivity contribution in [1.82, 2.24) is 0 Å². The molecule has 0 aromatic heterocycles. The fraction of sp³-hybridized carbons (Fsp3) is 0.619. The number of ether oxygens (including phenoxy) is 1. The van der Waals surface area contributed by atoms with Gasteiger partial charge >= 0.3 is 10.3 Å². The average Bonchev–Trinajstić information content (AvgIpc) is 2.64. The number of rotatable bonds is 3. The molecule has 3 aliphatic rings. The van der Waals surface area contributed by atoms with E-state index < -0.39 is 21.8 Å². The van der Waals surface area contributed by atoms with Crippen molar-refractivity contribution < 1.29 is 26.1 Å². The number of benzene rings is 1. The molecule has 0 heterocycles. The van der Waals surface area contributed by atoms with E-state index in [1.165, 1.54) is 7.11 Å². The summed E-state index contributed by atoms with van der Waals surface area (Å²) in [5, 5.41) is 5.03. The molecule has 8 heteroatoms. The molecular formula is C21H27F2NO4S. The van der Waals surface area contributed by atoms with Crippen molar-refractivity contribution >= 4 is 10.3 Å². The smallest absolute Gasteiger partial charge is 0.380 e. The van der Waals surface area contributed by atoms with Gasteiger partial charge in [-0.1, -0.05) is 6.92 Å². The van der Waals surface area contributed by atoms with Crippen LogP contribution in [0.5, 0.6) is 11.5 Å². The molecule has 0 aliphatic heterocycles. The molecule has 2 saturated carbocycles. The lowest BCUT2D eigenvalue weighted by atomic mass is 9.49. The molecule has 2 fully saturated rings. The largest absolute Gasteiger partial charge is 0.493 e. The summed E-state index contributed by atoms with van der Waals surface area (Å²) >= 11 is 0. The van der Waals surface area contributed by atoms with Gasteiger partial charge in [0.15, 0.2) is 11.5 Å². The Morgan fingerprint density at radius 3 is 2.59 bits per heavy atom. The van der Waals surface area contributed by atoms with Crippen LogP contribution in [0, 0.1) is 17.3 Å². The number of allylic oxidation sites excluding steroid dienone is 1. The standard InChI is InChI=1S/C21H27F2NO4S/c1-21-9-8-13-14(16(21)4-3-5-17(21)20(22)23)7-6-12-10-19(28-29(24,25)26)18(27-2)11-15(12)13/h10-11,13-14,16H,3-9H2,1-2H3,(H2,24,25,26)/t13?,14?,16?,21-/m0/s1. The summed E-state index contributed by atoms with van der Waals surface area (Å²) < 4.78 is 60.4. The summed E-state index contributed by atoms with van der Waals surface area (Å²) in [6.45, 7) is 2.03. The Bertz CT molecular complexity index is 958. The lowest BCUT2D eigenvalue weighted by Crippen LogP contribution is -2.45. The summed E-state index contributed by atoms with van der Waals surface area (Å²) in [6, 6.07) is 3.56. The normalized spacial score (nSPS) is 31.3. The first-order chi connectivity index (χ1) is 13.6. The van der Waals surface area contributed by atoms with Crippen LogP contribution >= 0.6 is 0 Å². The molecule has 5 nitrogen and oxygen atoms in total. The second-order valence-electron chi connectivity index (χ2n) is 8.78. The third kappa shape index (κ3) is 3.54. The lowest BCUT2D eigenvalue weighted by Gasteiger charge is -2.55. The van der Waals surface area contributed by atoms with E-state index in [9.17, 15) is 17.2 Å². The highest BCUT2D eigenvalue weighted by molar-refractivity contribution is 7.84. The number of hydrogen-bond donors (Lipinski definition) is 1. The molecule has 0 saturated heterocycles. The molecule has 1 aromatic carbocycles. The van der Waals surface area contributed by atoms with Crippen LogP contribution in [0.1, 0.15) is 62.5 Å². The van der Waals surface area contributed by atoms with Gasteiger partial charge < -0.3 is 8.92 Å². The van der Waals surface area contributed by atoms with Crippen LogP contribution in [0.4, 0.5) is 8.78 Å². The maximum Gasteiger partial charge on any atom is 0.380 e. The molecule has 0 bridgehead atoms. The zero-order chi connectivity index (χ0) is 21.0. The van der Waals surface area contributed by atoms with Crippen LogP contribution in [0.2, 0.25) is 0 Å². The summed E-state index contributed by atoms with van der Waals surface area (Å²) in [5.41, 5.74) is 2.10. The van der Waals surface area contributed by atoms with Crippen LogP contribution in [-0.2, 0) is 16.7 Å². The molecule has 4 rings (SSSR count). The third-order valence-corrected chi connectivity index (χ3v) is 7.88. The number of hydrogen-bond acceptors (Lipinski definition) is 4. The first-order valence-electron chi connectivity index (χ1n) is 10.1. The second kappa shape index (κ2) is 7.23. The molecule has 2 N–H and O–H groups in total.